The van der Waals surface area contributed by atoms with Crippen LogP contribution in [0.15, 0.2) is 9.59 Å². The van der Waals surface area contributed by atoms with Gasteiger partial charge in [0.25, 0.3) is 4.84 Å². The molecule has 7 heteroatoms. The summed E-state index contributed by atoms with van der Waals surface area (Å²) in [4.78, 5) is 12.2. The fraction of sp³-hybridized carbons (Fsp3) is 0. The smallest absolute Gasteiger partial charge is 0.306 e. The van der Waals surface area contributed by atoms with Crippen LogP contribution >= 0.6 is 12.2 Å². The van der Waals surface area contributed by atoms with Crippen molar-refractivity contribution in [3.05, 3.63) is 9.74 Å². The molecule has 1 heterocycles. The Kier molecular flexibility index (Phi) is 1.78. The Morgan fingerprint density at radius 1 is 1.80 bits per heavy atom. The molecule has 0 amide bonds. The van der Waals surface area contributed by atoms with Crippen molar-refractivity contribution >= 4 is 23.9 Å². The second kappa shape index (κ2) is 2.58. The third-order valence-electron chi connectivity index (χ3n) is 0.825. The van der Waals surface area contributed by atoms with E-state index >= 15 is 0 Å². The summed E-state index contributed by atoms with van der Waals surface area (Å²) in [6.07, 6.45) is 0. The van der Waals surface area contributed by atoms with Crippen molar-refractivity contribution in [2.45, 2.75) is 0 Å². The van der Waals surface area contributed by atoms with E-state index in [0.29, 0.717) is 0 Å². The van der Waals surface area contributed by atoms with Crippen LogP contribution in [0.2, 0.25) is 0 Å². The van der Waals surface area contributed by atoms with Crippen LogP contribution in [0.25, 0.3) is 0 Å². The lowest BCUT2D eigenvalue weighted by Crippen LogP contribution is -1.87. The molecule has 54 valence electrons. The number of anilines is 1. The molecular weight excluding hydrogens is 158 g/mol. The monoisotopic (exact) mass is 161 g/mol. The van der Waals surface area contributed by atoms with E-state index in [-0.39, 0.29) is 16.5 Å². The van der Waals surface area contributed by atoms with Crippen molar-refractivity contribution in [3.63, 3.8) is 0 Å². The third kappa shape index (κ3) is 1.04. The van der Waals surface area contributed by atoms with Gasteiger partial charge in [0.1, 0.15) is 0 Å². The molecule has 1 aromatic heterocycles. The summed E-state index contributed by atoms with van der Waals surface area (Å²) in [5, 5.41) is 10.7. The van der Waals surface area contributed by atoms with Crippen LogP contribution in [0.3, 0.4) is 0 Å². The Bertz CT molecular complexity index is 289. The van der Waals surface area contributed by atoms with Crippen LogP contribution in [0.4, 0.5) is 11.7 Å². The zero-order valence-corrected chi connectivity index (χ0v) is 5.44. The van der Waals surface area contributed by atoms with Gasteiger partial charge < -0.3 is 4.42 Å². The molecule has 0 saturated carbocycles. The molecule has 0 aliphatic heterocycles. The lowest BCUT2D eigenvalue weighted by molar-refractivity contribution is 0.386. The fourth-order valence-electron chi connectivity index (χ4n) is 0.460. The molecule has 0 aliphatic carbocycles. The normalized spacial score (nSPS) is 9.30. The lowest BCUT2D eigenvalue weighted by Gasteiger charge is -1.87. The average molecular weight is 161 g/mol. The predicted octanol–water partition coefficient (Wildman–Crippen LogP) is 1.54. The predicted molar refractivity (Wildman–Crippen MR) is 34.8 cm³/mol. The highest BCUT2D eigenvalue weighted by Gasteiger charge is 2.05. The molecule has 10 heavy (non-hydrogen) atoms. The van der Waals surface area contributed by atoms with Gasteiger partial charge in [-0.3, -0.25) is 10.2 Å². The van der Waals surface area contributed by atoms with Gasteiger partial charge in [0.05, 0.1) is 0 Å². The Morgan fingerprint density at radius 2 is 2.50 bits per heavy atom. The molecule has 0 bridgehead atoms. The number of aromatic nitrogens is 1. The summed E-state index contributed by atoms with van der Waals surface area (Å²) < 4.78 is 4.51. The van der Waals surface area contributed by atoms with Gasteiger partial charge in [-0.2, -0.15) is 0 Å². The van der Waals surface area contributed by atoms with Crippen molar-refractivity contribution in [1.29, 1.82) is 0 Å². The average Bonchev–Trinajstić information content (AvgIpc) is 2.30. The van der Waals surface area contributed by atoms with Crippen molar-refractivity contribution < 1.29 is 9.62 Å². The Morgan fingerprint density at radius 3 is 2.90 bits per heavy atom. The van der Waals surface area contributed by atoms with Crippen LogP contribution in [0.1, 0.15) is 0 Å². The Hall–Kier alpha value is -1.21. The molecule has 0 spiro atoms. The van der Waals surface area contributed by atoms with E-state index in [1.54, 1.807) is 5.48 Å². The molecule has 0 aliphatic rings. The number of rotatable bonds is 2. The maximum Gasteiger partial charge on any atom is 0.306 e. The highest BCUT2D eigenvalue weighted by atomic mass is 32.1. The van der Waals surface area contributed by atoms with E-state index in [1.165, 1.54) is 0 Å². The number of nitrogens with zero attached hydrogens (tertiary/aromatic N) is 1. The fourth-order valence-corrected chi connectivity index (χ4v) is 0.641. The second-order valence-corrected chi connectivity index (χ2v) is 1.77. The largest absolute Gasteiger partial charge is 0.406 e. The number of nitrogens with one attached hydrogen (secondary N) is 2. The maximum atomic E-state index is 9.84. The van der Waals surface area contributed by atoms with Gasteiger partial charge in [0.2, 0.25) is 0 Å². The summed E-state index contributed by atoms with van der Waals surface area (Å²) >= 11 is 4.48. The molecule has 0 aromatic carbocycles. The topological polar surface area (TPSA) is 90.6 Å². The maximum absolute atomic E-state index is 9.84. The molecule has 0 saturated heterocycles. The van der Waals surface area contributed by atoms with E-state index in [9.17, 15) is 4.91 Å². The van der Waals surface area contributed by atoms with Crippen molar-refractivity contribution in [2.75, 3.05) is 5.48 Å². The van der Waals surface area contributed by atoms with Crippen LogP contribution < -0.4 is 5.48 Å². The molecule has 0 unspecified atom stereocenters. The summed E-state index contributed by atoms with van der Waals surface area (Å²) in [7, 11) is 0. The second-order valence-electron chi connectivity index (χ2n) is 1.40. The first-order valence-corrected chi connectivity index (χ1v) is 2.65. The highest BCUT2D eigenvalue weighted by molar-refractivity contribution is 7.71. The number of nitroso groups, excluding NO2 is 1. The summed E-state index contributed by atoms with van der Waals surface area (Å²) in [5.41, 5.74) is 1.66. The number of H-pyrrole nitrogens is 1. The SMILES string of the molecule is O=Nc1oc(=S)[nH]c1NO. The summed E-state index contributed by atoms with van der Waals surface area (Å²) in [5.74, 6) is -0.340. The first-order valence-electron chi connectivity index (χ1n) is 2.24. The van der Waals surface area contributed by atoms with Gasteiger partial charge in [-0.05, 0) is 12.2 Å². The van der Waals surface area contributed by atoms with E-state index in [4.69, 9.17) is 5.21 Å². The molecule has 1 rings (SSSR count). The number of hydrogen-bond acceptors (Lipinski definition) is 6. The lowest BCUT2D eigenvalue weighted by atomic mass is 10.7. The van der Waals surface area contributed by atoms with E-state index in [1.807, 2.05) is 0 Å². The molecule has 0 atom stereocenters. The van der Waals surface area contributed by atoms with Crippen LogP contribution in [0, 0.1) is 9.74 Å². The van der Waals surface area contributed by atoms with Crippen LogP contribution in [-0.2, 0) is 0 Å². The highest BCUT2D eigenvalue weighted by Crippen LogP contribution is 2.22. The van der Waals surface area contributed by atoms with E-state index in [2.05, 4.69) is 26.8 Å². The van der Waals surface area contributed by atoms with E-state index in [0.717, 1.165) is 0 Å². The number of oxazole rings is 1. The third-order valence-corrected chi connectivity index (χ3v) is 1.01. The first kappa shape index (κ1) is 6.90. The molecular formula is C3H3N3O3S. The van der Waals surface area contributed by atoms with Gasteiger partial charge in [0, 0.05) is 5.18 Å². The van der Waals surface area contributed by atoms with Gasteiger partial charge in [0.15, 0.2) is 5.82 Å². The Balaban J connectivity index is 3.20. The molecule has 0 radical (unpaired) electrons. The summed E-state index contributed by atoms with van der Waals surface area (Å²) in [6, 6.07) is 0. The molecule has 3 N–H and O–H groups in total. The van der Waals surface area contributed by atoms with Crippen LogP contribution in [-0.4, -0.2) is 10.2 Å². The number of aromatic amines is 1. The molecule has 0 fully saturated rings. The van der Waals surface area contributed by atoms with Gasteiger partial charge in [-0.1, -0.05) is 0 Å². The van der Waals surface area contributed by atoms with Gasteiger partial charge in [-0.15, -0.1) is 4.91 Å². The van der Waals surface area contributed by atoms with E-state index < -0.39 is 0 Å². The minimum atomic E-state index is -0.299. The molecule has 1 aromatic rings. The zero-order chi connectivity index (χ0) is 7.56. The standard InChI is InChI=1S/C3H3N3O3S/c7-5-1-2(6-8)9-3(10)4-1/h5,7H,(H,4,10). The van der Waals surface area contributed by atoms with Crippen LogP contribution in [0.5, 0.6) is 0 Å². The summed E-state index contributed by atoms with van der Waals surface area (Å²) in [6.45, 7) is 0. The first-order chi connectivity index (χ1) is 4.77. The van der Waals surface area contributed by atoms with Crippen molar-refractivity contribution in [2.24, 2.45) is 5.18 Å². The van der Waals surface area contributed by atoms with Crippen molar-refractivity contribution in [1.82, 2.24) is 4.98 Å². The Labute approximate surface area is 59.8 Å². The quantitative estimate of drug-likeness (QED) is 0.347. The van der Waals surface area contributed by atoms with Crippen molar-refractivity contribution in [3.8, 4) is 0 Å². The molecule has 6 nitrogen and oxygen atoms in total. The number of hydrogen-bond donors (Lipinski definition) is 3. The van der Waals surface area contributed by atoms with Gasteiger partial charge >= 0.3 is 5.88 Å². The minimum Gasteiger partial charge on any atom is -0.406 e. The zero-order valence-electron chi connectivity index (χ0n) is 4.62. The minimum absolute atomic E-state index is 0.0221. The van der Waals surface area contributed by atoms with Gasteiger partial charge in [-0.25, -0.2) is 5.48 Å².